The zero-order valence-corrected chi connectivity index (χ0v) is 15.5. The van der Waals surface area contributed by atoms with Crippen molar-refractivity contribution in [2.75, 3.05) is 11.9 Å². The Labute approximate surface area is 152 Å². The maximum atomic E-state index is 12.3. The first-order chi connectivity index (χ1) is 12.2. The third kappa shape index (κ3) is 4.14. The first kappa shape index (κ1) is 18.6. The predicted molar refractivity (Wildman–Crippen MR) is 93.4 cm³/mol. The molecule has 1 unspecified atom stereocenters. The van der Waals surface area contributed by atoms with Crippen molar-refractivity contribution < 1.29 is 23.6 Å². The molecule has 1 aromatic heterocycles. The number of hydrogen-bond acceptors (Lipinski definition) is 6. The van der Waals surface area contributed by atoms with Crippen molar-refractivity contribution in [3.05, 3.63) is 11.8 Å². The minimum atomic E-state index is -0.470. The van der Waals surface area contributed by atoms with E-state index in [1.165, 1.54) is 0 Å². The molecule has 0 spiro atoms. The lowest BCUT2D eigenvalue weighted by atomic mass is 9.67. The summed E-state index contributed by atoms with van der Waals surface area (Å²) < 4.78 is 10.3. The van der Waals surface area contributed by atoms with Gasteiger partial charge in [-0.25, -0.2) is 0 Å². The molecule has 0 aromatic carbocycles. The van der Waals surface area contributed by atoms with Gasteiger partial charge in [0.25, 0.3) is 5.91 Å². The normalized spacial score (nSPS) is 25.7. The SMILES string of the molecule is CC(C)(C)c1cc(NC(=O)COC(=O)C2C[C@H]3CCC[C@@H](C2)C3=O)on1. The van der Waals surface area contributed by atoms with E-state index in [4.69, 9.17) is 9.26 Å². The monoisotopic (exact) mass is 362 g/mol. The molecule has 2 bridgehead atoms. The number of nitrogens with zero attached hydrogens (tertiary/aromatic N) is 1. The van der Waals surface area contributed by atoms with Gasteiger partial charge in [0, 0.05) is 23.3 Å². The van der Waals surface area contributed by atoms with Crippen molar-refractivity contribution in [1.82, 2.24) is 5.16 Å². The molecule has 7 nitrogen and oxygen atoms in total. The number of carbonyl (C=O) groups excluding carboxylic acids is 3. The van der Waals surface area contributed by atoms with Gasteiger partial charge in [-0.2, -0.15) is 0 Å². The third-order valence-corrected chi connectivity index (χ3v) is 5.27. The Morgan fingerprint density at radius 1 is 1.27 bits per heavy atom. The molecule has 3 rings (SSSR count). The van der Waals surface area contributed by atoms with Gasteiger partial charge < -0.3 is 9.26 Å². The van der Waals surface area contributed by atoms with E-state index in [-0.39, 0.29) is 35.7 Å². The van der Waals surface area contributed by atoms with Crippen molar-refractivity contribution in [2.45, 2.75) is 58.3 Å². The average Bonchev–Trinajstić information content (AvgIpc) is 3.01. The van der Waals surface area contributed by atoms with E-state index >= 15 is 0 Å². The van der Waals surface area contributed by atoms with Crippen LogP contribution in [0.25, 0.3) is 0 Å². The van der Waals surface area contributed by atoms with Crippen LogP contribution in [0.1, 0.15) is 58.6 Å². The topological polar surface area (TPSA) is 98.5 Å². The Hall–Kier alpha value is -2.18. The highest BCUT2D eigenvalue weighted by Gasteiger charge is 2.41. The van der Waals surface area contributed by atoms with Crippen LogP contribution in [0.5, 0.6) is 0 Å². The highest BCUT2D eigenvalue weighted by Crippen LogP contribution is 2.40. The van der Waals surface area contributed by atoms with Crippen LogP contribution in [0.3, 0.4) is 0 Å². The van der Waals surface area contributed by atoms with Gasteiger partial charge in [0.15, 0.2) is 6.61 Å². The number of amides is 1. The van der Waals surface area contributed by atoms with E-state index in [2.05, 4.69) is 10.5 Å². The van der Waals surface area contributed by atoms with Gasteiger partial charge >= 0.3 is 5.97 Å². The number of ether oxygens (including phenoxy) is 1. The molecule has 7 heteroatoms. The molecule has 0 saturated heterocycles. The number of anilines is 1. The summed E-state index contributed by atoms with van der Waals surface area (Å²) >= 11 is 0. The summed E-state index contributed by atoms with van der Waals surface area (Å²) in [6, 6.07) is 1.66. The van der Waals surface area contributed by atoms with Gasteiger partial charge in [-0.05, 0) is 25.7 Å². The smallest absolute Gasteiger partial charge is 0.309 e. The zero-order valence-electron chi connectivity index (χ0n) is 15.5. The second-order valence-corrected chi connectivity index (χ2v) is 8.38. The van der Waals surface area contributed by atoms with Crippen molar-refractivity contribution in [1.29, 1.82) is 0 Å². The Kier molecular flexibility index (Phi) is 5.16. The third-order valence-electron chi connectivity index (χ3n) is 5.27. The van der Waals surface area contributed by atoms with Crippen molar-refractivity contribution in [3.8, 4) is 0 Å². The number of esters is 1. The fraction of sp³-hybridized carbons (Fsp3) is 0.684. The fourth-order valence-corrected chi connectivity index (χ4v) is 3.79. The van der Waals surface area contributed by atoms with Gasteiger partial charge in [-0.3, -0.25) is 19.7 Å². The zero-order chi connectivity index (χ0) is 18.9. The Morgan fingerprint density at radius 3 is 2.50 bits per heavy atom. The van der Waals surface area contributed by atoms with E-state index in [0.29, 0.717) is 18.6 Å². The van der Waals surface area contributed by atoms with Crippen molar-refractivity contribution >= 4 is 23.5 Å². The van der Waals surface area contributed by atoms with Crippen LogP contribution >= 0.6 is 0 Å². The largest absolute Gasteiger partial charge is 0.455 e. The molecule has 0 aliphatic heterocycles. The van der Waals surface area contributed by atoms with Crippen LogP contribution in [0.15, 0.2) is 10.6 Å². The molecule has 1 amide bonds. The minimum absolute atomic E-state index is 0.0149. The minimum Gasteiger partial charge on any atom is -0.455 e. The number of fused-ring (bicyclic) bond motifs is 2. The molecular weight excluding hydrogens is 336 g/mol. The summed E-state index contributed by atoms with van der Waals surface area (Å²) in [6.45, 7) is 5.59. The van der Waals surface area contributed by atoms with E-state index in [1.54, 1.807) is 6.07 Å². The maximum Gasteiger partial charge on any atom is 0.309 e. The van der Waals surface area contributed by atoms with Gasteiger partial charge in [0.05, 0.1) is 11.6 Å². The standard InChI is InChI=1S/C19H26N2O5/c1-19(2,3)14-9-16(26-21-14)20-15(22)10-25-18(24)13-7-11-5-4-6-12(8-13)17(11)23/h9,11-13H,4-8,10H2,1-3H3,(H,20,22)/t11-,12+,13?. The van der Waals surface area contributed by atoms with E-state index in [0.717, 1.165) is 25.0 Å². The Morgan fingerprint density at radius 2 is 1.92 bits per heavy atom. The first-order valence-electron chi connectivity index (χ1n) is 9.21. The van der Waals surface area contributed by atoms with Gasteiger partial charge in [0.2, 0.25) is 5.88 Å². The number of rotatable bonds is 4. The van der Waals surface area contributed by atoms with Crippen LogP contribution in [0, 0.1) is 17.8 Å². The van der Waals surface area contributed by atoms with Crippen LogP contribution in [0.4, 0.5) is 5.88 Å². The fourth-order valence-electron chi connectivity index (χ4n) is 3.79. The highest BCUT2D eigenvalue weighted by atomic mass is 16.5. The highest BCUT2D eigenvalue weighted by molar-refractivity contribution is 5.92. The van der Waals surface area contributed by atoms with E-state index in [1.807, 2.05) is 20.8 Å². The molecule has 2 saturated carbocycles. The van der Waals surface area contributed by atoms with E-state index < -0.39 is 11.9 Å². The Bertz CT molecular complexity index is 687. The molecule has 2 aliphatic rings. The number of aromatic nitrogens is 1. The van der Waals surface area contributed by atoms with Gasteiger partial charge in [-0.15, -0.1) is 0 Å². The van der Waals surface area contributed by atoms with Gasteiger partial charge in [0.1, 0.15) is 5.78 Å². The average molecular weight is 362 g/mol. The molecule has 26 heavy (non-hydrogen) atoms. The van der Waals surface area contributed by atoms with Crippen LogP contribution in [-0.2, 0) is 24.5 Å². The summed E-state index contributed by atoms with van der Waals surface area (Å²) in [5.74, 6) is -0.641. The van der Waals surface area contributed by atoms with E-state index in [9.17, 15) is 14.4 Å². The second-order valence-electron chi connectivity index (χ2n) is 8.38. The van der Waals surface area contributed by atoms with Crippen molar-refractivity contribution in [2.24, 2.45) is 17.8 Å². The summed E-state index contributed by atoms with van der Waals surface area (Å²) in [6.07, 6.45) is 3.88. The van der Waals surface area contributed by atoms with Crippen LogP contribution < -0.4 is 5.32 Å². The van der Waals surface area contributed by atoms with Gasteiger partial charge in [-0.1, -0.05) is 32.3 Å². The molecule has 0 radical (unpaired) electrons. The number of carbonyl (C=O) groups is 3. The number of ketones is 1. The lowest BCUT2D eigenvalue weighted by molar-refractivity contribution is -0.155. The first-order valence-corrected chi connectivity index (χ1v) is 9.21. The molecule has 142 valence electrons. The summed E-state index contributed by atoms with van der Waals surface area (Å²) in [5, 5.41) is 6.46. The van der Waals surface area contributed by atoms with Crippen LogP contribution in [0.2, 0.25) is 0 Å². The molecule has 2 fully saturated rings. The summed E-state index contributed by atoms with van der Waals surface area (Å²) in [4.78, 5) is 36.3. The molecule has 3 atom stereocenters. The molecular formula is C19H26N2O5. The number of hydrogen-bond donors (Lipinski definition) is 1. The number of nitrogens with one attached hydrogen (secondary N) is 1. The quantitative estimate of drug-likeness (QED) is 0.827. The molecule has 1 heterocycles. The van der Waals surface area contributed by atoms with Crippen molar-refractivity contribution in [3.63, 3.8) is 0 Å². The molecule has 1 N–H and O–H groups in total. The summed E-state index contributed by atoms with van der Waals surface area (Å²) in [7, 11) is 0. The summed E-state index contributed by atoms with van der Waals surface area (Å²) in [5.41, 5.74) is 0.540. The molecule has 2 aliphatic carbocycles. The predicted octanol–water partition coefficient (Wildman–Crippen LogP) is 2.85. The molecule has 1 aromatic rings. The second kappa shape index (κ2) is 7.21. The Balaban J connectivity index is 1.48. The lowest BCUT2D eigenvalue weighted by Crippen LogP contribution is -2.40. The van der Waals surface area contributed by atoms with Crippen LogP contribution in [-0.4, -0.2) is 29.4 Å². The lowest BCUT2D eigenvalue weighted by Gasteiger charge is -2.36. The number of Topliss-reactive ketones (excluding diaryl/α,β-unsaturated/α-hetero) is 1. The maximum absolute atomic E-state index is 12.3.